The van der Waals surface area contributed by atoms with Crippen LogP contribution in [0.2, 0.25) is 5.02 Å². The summed E-state index contributed by atoms with van der Waals surface area (Å²) in [4.78, 5) is 205. The topological polar surface area (TPSA) is 296 Å². The number of amides is 12. The average Bonchev–Trinajstić information content (AvgIpc) is 1.75. The molecule has 2 aliphatic heterocycles. The van der Waals surface area contributed by atoms with E-state index in [9.17, 15) is 51.5 Å². The van der Waals surface area contributed by atoms with Gasteiger partial charge in [-0.3, -0.25) is 62.3 Å². The van der Waals surface area contributed by atoms with Crippen LogP contribution >= 0.6 is 11.6 Å². The van der Waals surface area contributed by atoms with Crippen molar-refractivity contribution in [1.82, 2.24) is 60.0 Å². The van der Waals surface area contributed by atoms with E-state index < -0.39 is 191 Å². The minimum Gasteiger partial charge on any atom is -0.461 e. The van der Waals surface area contributed by atoms with Crippen molar-refractivity contribution in [1.29, 1.82) is 0 Å². The molecule has 0 aromatic heterocycles. The molecule has 1 spiro atoms. The molecule has 3 aliphatic carbocycles. The van der Waals surface area contributed by atoms with Gasteiger partial charge in [0.1, 0.15) is 66.5 Å². The molecule has 586 valence electrons. The molecule has 3 saturated carbocycles. The van der Waals surface area contributed by atoms with E-state index in [-0.39, 0.29) is 75.5 Å². The number of nitrogens with one attached hydrogen (secondary N) is 3. The van der Waals surface area contributed by atoms with Gasteiger partial charge in [0, 0.05) is 76.4 Å². The Labute approximate surface area is 621 Å². The summed E-state index contributed by atoms with van der Waals surface area (Å²) in [5.74, 6) is -10.7. The molecule has 0 bridgehead atoms. The summed E-state index contributed by atoms with van der Waals surface area (Å²) in [6, 6.07) is -8.86. The third-order valence-corrected chi connectivity index (χ3v) is 22.7. The second-order valence-electron chi connectivity index (χ2n) is 30.4. The van der Waals surface area contributed by atoms with Crippen molar-refractivity contribution in [3.8, 4) is 0 Å². The highest BCUT2D eigenvalue weighted by Crippen LogP contribution is 2.39. The van der Waals surface area contributed by atoms with Crippen molar-refractivity contribution in [2.75, 3.05) is 83.1 Å². The minimum atomic E-state index is -4.81. The molecule has 105 heavy (non-hydrogen) atoms. The smallest absolute Gasteiger partial charge is 0.417 e. The number of alkyl halides is 3. The van der Waals surface area contributed by atoms with Crippen LogP contribution in [0.5, 0.6) is 0 Å². The molecule has 2 saturated heterocycles. The van der Waals surface area contributed by atoms with Gasteiger partial charge in [0.15, 0.2) is 0 Å². The number of halogens is 4. The van der Waals surface area contributed by atoms with Crippen LogP contribution in [0.3, 0.4) is 0 Å². The highest BCUT2D eigenvalue weighted by Gasteiger charge is 2.52. The number of carbonyl (C=O) groups excluding carboxylic acids is 13. The maximum Gasteiger partial charge on any atom is 0.417 e. The highest BCUT2D eigenvalue weighted by molar-refractivity contribution is 6.31. The molecular weight excluding hydrogens is 1390 g/mol. The predicted molar refractivity (Wildman–Crippen MR) is 387 cm³/mol. The Bertz CT molecular complexity index is 3320. The van der Waals surface area contributed by atoms with Crippen LogP contribution in [0.15, 0.2) is 30.9 Å². The number of hydrogen-bond acceptors (Lipinski definition) is 14. The molecule has 0 radical (unpaired) electrons. The molecule has 1 aromatic carbocycles. The number of carbonyl (C=O) groups is 13. The molecular formula is C75H114ClF3N12O14. The number of esters is 1. The SMILES string of the molecule is C=CCOC(=O)CC[C@H]1C(=O)NC2(CCCC2)C(=O)N(C)[C@H](C2CCCC2)C(=O)N(C)[C@H](C(=O)N(C)C)CC(=O)N(C)[C@@H](CC(C)C)C(=O)N[C@@H]([C@@H](C)CC)C(=O)N(C)[C@@H](C)C(=O)N2CC[C@H]2C(=O)N(C)[C@H](CC2CCCCC2)C(=O)N(C)CC(=O)N[C@@H](CCc2ccc(C(F)(F)F)c(Cl)c2)C(=O)N1C. The third kappa shape index (κ3) is 21.5. The molecule has 3 N–H and O–H groups in total. The molecule has 0 unspecified atom stereocenters. The first-order chi connectivity index (χ1) is 49.3. The second kappa shape index (κ2) is 38.1. The van der Waals surface area contributed by atoms with E-state index in [1.807, 2.05) is 20.8 Å². The second-order valence-corrected chi connectivity index (χ2v) is 30.8. The van der Waals surface area contributed by atoms with E-state index >= 15 is 24.0 Å². The van der Waals surface area contributed by atoms with Crippen molar-refractivity contribution in [3.63, 3.8) is 0 Å². The van der Waals surface area contributed by atoms with E-state index in [0.717, 1.165) is 65.0 Å². The van der Waals surface area contributed by atoms with E-state index in [1.54, 1.807) is 6.92 Å². The lowest BCUT2D eigenvalue weighted by atomic mass is 9.84. The lowest BCUT2D eigenvalue weighted by Crippen LogP contribution is -2.65. The summed E-state index contributed by atoms with van der Waals surface area (Å²) >= 11 is 6.18. The van der Waals surface area contributed by atoms with Gasteiger partial charge in [-0.2, -0.15) is 13.2 Å². The van der Waals surface area contributed by atoms with Crippen LogP contribution in [0.25, 0.3) is 0 Å². The van der Waals surface area contributed by atoms with Crippen LogP contribution in [-0.2, 0) is 79.7 Å². The van der Waals surface area contributed by atoms with Crippen molar-refractivity contribution < 1.29 is 80.2 Å². The Morgan fingerprint density at radius 2 is 1.33 bits per heavy atom. The fourth-order valence-electron chi connectivity index (χ4n) is 15.4. The molecule has 6 rings (SSSR count). The average molecular weight is 1500 g/mol. The zero-order valence-corrected chi connectivity index (χ0v) is 64.7. The number of likely N-dealkylation sites (N-methyl/N-ethyl adjacent to an activating group) is 8. The summed E-state index contributed by atoms with van der Waals surface area (Å²) in [6.07, 6.45) is 2.84. The van der Waals surface area contributed by atoms with Gasteiger partial charge in [-0.1, -0.05) is 122 Å². The molecule has 5 fully saturated rings. The predicted octanol–water partition coefficient (Wildman–Crippen LogP) is 5.99. The maximum absolute atomic E-state index is 15.8. The van der Waals surface area contributed by atoms with Crippen molar-refractivity contribution >= 4 is 88.5 Å². The van der Waals surface area contributed by atoms with Crippen LogP contribution in [0.1, 0.15) is 181 Å². The number of fused-ring (bicyclic) bond motifs is 1. The number of hydrogen-bond donors (Lipinski definition) is 3. The van der Waals surface area contributed by atoms with Gasteiger partial charge in [-0.25, -0.2) is 0 Å². The molecule has 10 atom stereocenters. The summed E-state index contributed by atoms with van der Waals surface area (Å²) < 4.78 is 47.2. The van der Waals surface area contributed by atoms with E-state index in [2.05, 4.69) is 22.5 Å². The Morgan fingerprint density at radius 1 is 0.714 bits per heavy atom. The number of benzene rings is 1. The van der Waals surface area contributed by atoms with Gasteiger partial charge in [0.2, 0.25) is 70.9 Å². The van der Waals surface area contributed by atoms with Gasteiger partial charge in [-0.05, 0) is 112 Å². The first kappa shape index (κ1) is 86.1. The lowest BCUT2D eigenvalue weighted by molar-refractivity contribution is -0.160. The molecule has 2 heterocycles. The van der Waals surface area contributed by atoms with Crippen molar-refractivity contribution in [3.05, 3.63) is 47.0 Å². The first-order valence-corrected chi connectivity index (χ1v) is 37.6. The zero-order valence-electron chi connectivity index (χ0n) is 64.0. The van der Waals surface area contributed by atoms with Crippen LogP contribution in [0.4, 0.5) is 13.2 Å². The van der Waals surface area contributed by atoms with E-state index in [1.165, 1.54) is 106 Å². The summed E-state index contributed by atoms with van der Waals surface area (Å²) in [5.41, 5.74) is -2.63. The summed E-state index contributed by atoms with van der Waals surface area (Å²) in [6.45, 7) is 11.6. The Morgan fingerprint density at radius 3 is 1.90 bits per heavy atom. The molecule has 12 amide bonds. The van der Waals surface area contributed by atoms with Gasteiger partial charge < -0.3 is 64.8 Å². The van der Waals surface area contributed by atoms with Gasteiger partial charge >= 0.3 is 12.1 Å². The number of ether oxygens (including phenoxy) is 1. The van der Waals surface area contributed by atoms with Crippen LogP contribution in [-0.4, -0.2) is 264 Å². The maximum atomic E-state index is 15.8. The molecule has 5 aliphatic rings. The number of nitrogens with zero attached hydrogens (tertiary/aromatic N) is 9. The Kier molecular flexibility index (Phi) is 31.2. The van der Waals surface area contributed by atoms with E-state index in [0.29, 0.717) is 44.9 Å². The molecule has 30 heteroatoms. The lowest BCUT2D eigenvalue weighted by Gasteiger charge is -2.45. The van der Waals surface area contributed by atoms with Crippen molar-refractivity contribution in [2.45, 2.75) is 242 Å². The third-order valence-electron chi connectivity index (χ3n) is 22.4. The quantitative estimate of drug-likeness (QED) is 0.127. The summed E-state index contributed by atoms with van der Waals surface area (Å²) in [7, 11) is 12.6. The normalized spacial score (nSPS) is 26.4. The fraction of sp³-hybridized carbons (Fsp3) is 0.720. The number of rotatable bonds is 16. The van der Waals surface area contributed by atoms with Gasteiger partial charge in [-0.15, -0.1) is 0 Å². The van der Waals surface area contributed by atoms with E-state index in [4.69, 9.17) is 16.3 Å². The number of aryl methyl sites for hydroxylation is 1. The Hall–Kier alpha value is -7.85. The summed E-state index contributed by atoms with van der Waals surface area (Å²) in [5, 5.41) is 7.95. The largest absolute Gasteiger partial charge is 0.461 e. The van der Waals surface area contributed by atoms with Crippen molar-refractivity contribution in [2.24, 2.45) is 23.7 Å². The van der Waals surface area contributed by atoms with Gasteiger partial charge in [0.25, 0.3) is 0 Å². The molecule has 1 aromatic rings. The first-order valence-electron chi connectivity index (χ1n) is 37.2. The zero-order chi connectivity index (χ0) is 78.3. The minimum absolute atomic E-state index is 0.0192. The van der Waals surface area contributed by atoms with Crippen LogP contribution in [0, 0.1) is 23.7 Å². The molecule has 26 nitrogen and oxygen atoms in total. The van der Waals surface area contributed by atoms with Crippen LogP contribution < -0.4 is 16.0 Å². The monoisotopic (exact) mass is 1500 g/mol. The fourth-order valence-corrected chi connectivity index (χ4v) is 15.7. The standard InChI is InChI=1S/C75H114ClF3N12O14/c1-16-39-105-61(94)34-33-54-65(96)82-74(36-23-24-37-74)73(104)90(15)63(50-27-21-22-28-50)72(103)89(14)58(68(99)83(7)8)43-60(93)86(11)56(40-45(3)4)64(95)81-62(46(5)17-2)71(102)85(10)47(6)66(97)91-38-35-55(91)70(101)88(13)57(42-48-25-19-18-20-26-48)69(100)84(9)44-59(92)80-53(67(98)87(54)12)32-30-49-29-31-51(52(76)41-49)75(77,78)79/h16,29,31,41,45-48,50,53-58,62-63H,1,17-28,30,32-40,42-44H2,2-15H3,(H,80,92)(H,81,95)(H,82,96)/t46-,47-,53-,54-,55-,56-,57+,58-,62-,63+/m0/s1. The van der Waals surface area contributed by atoms with Gasteiger partial charge in [0.05, 0.1) is 23.6 Å². The highest BCUT2D eigenvalue weighted by atomic mass is 35.5. The Balaban J connectivity index is 1.49.